The van der Waals surface area contributed by atoms with E-state index in [0.29, 0.717) is 0 Å². The first-order valence-corrected chi connectivity index (χ1v) is 3.72. The summed E-state index contributed by atoms with van der Waals surface area (Å²) in [7, 11) is 0. The van der Waals surface area contributed by atoms with Crippen LogP contribution in [0.1, 0.15) is 31.4 Å². The van der Waals surface area contributed by atoms with E-state index in [2.05, 4.69) is 9.97 Å². The van der Waals surface area contributed by atoms with Crippen LogP contribution in [-0.2, 0) is 4.74 Å². The molecule has 4 nitrogen and oxygen atoms in total. The Balaban J connectivity index is 2.63. The molecule has 0 saturated heterocycles. The number of nitrogens with zero attached hydrogens (tertiary/aromatic N) is 1. The van der Waals surface area contributed by atoms with Gasteiger partial charge in [0.15, 0.2) is 0 Å². The van der Waals surface area contributed by atoms with E-state index in [1.807, 2.05) is 20.8 Å². The third-order valence-electron chi connectivity index (χ3n) is 1.09. The van der Waals surface area contributed by atoms with E-state index in [1.165, 1.54) is 6.20 Å². The highest BCUT2D eigenvalue weighted by molar-refractivity contribution is 5.85. The molecule has 1 rings (SSSR count). The molecule has 1 heterocycles. The first kappa shape index (κ1) is 8.77. The van der Waals surface area contributed by atoms with Crippen molar-refractivity contribution in [1.82, 2.24) is 9.97 Å². The third-order valence-corrected chi connectivity index (χ3v) is 1.09. The van der Waals surface area contributed by atoms with Crippen molar-refractivity contribution in [3.05, 3.63) is 18.2 Å². The second kappa shape index (κ2) is 2.97. The summed E-state index contributed by atoms with van der Waals surface area (Å²) in [6.45, 7) is 5.44. The van der Waals surface area contributed by atoms with E-state index in [1.54, 1.807) is 6.20 Å². The number of hydrogen-bond donors (Lipinski definition) is 1. The van der Waals surface area contributed by atoms with Crippen molar-refractivity contribution < 1.29 is 9.53 Å². The minimum absolute atomic E-state index is 0.241. The third kappa shape index (κ3) is 2.38. The molecule has 0 aromatic carbocycles. The Morgan fingerprint density at radius 3 is 2.67 bits per heavy atom. The highest BCUT2D eigenvalue weighted by Crippen LogP contribution is 2.09. The molecule has 0 aliphatic heterocycles. The second-order valence-corrected chi connectivity index (χ2v) is 3.44. The molecule has 0 fully saturated rings. The molecule has 0 saturated carbocycles. The standard InChI is InChI=1S/C8H12N2O2/c1-8(2,3)12-7(11)6-9-4-5-10-6/h4-5H,1-3H3,(H,9,10). The number of H-pyrrole nitrogens is 1. The number of hydrogen-bond acceptors (Lipinski definition) is 3. The molecule has 4 heteroatoms. The van der Waals surface area contributed by atoms with Crippen molar-refractivity contribution in [2.24, 2.45) is 0 Å². The average Bonchev–Trinajstić information content (AvgIpc) is 2.32. The number of rotatable bonds is 1. The van der Waals surface area contributed by atoms with Crippen LogP contribution in [0.15, 0.2) is 12.4 Å². The van der Waals surface area contributed by atoms with Gasteiger partial charge in [-0.15, -0.1) is 0 Å². The summed E-state index contributed by atoms with van der Waals surface area (Å²) >= 11 is 0. The number of carbonyl (C=O) groups is 1. The smallest absolute Gasteiger partial charge is 0.374 e. The maximum absolute atomic E-state index is 11.2. The Labute approximate surface area is 71.0 Å². The van der Waals surface area contributed by atoms with Crippen LogP contribution in [0.4, 0.5) is 0 Å². The number of aromatic nitrogens is 2. The average molecular weight is 168 g/mol. The lowest BCUT2D eigenvalue weighted by Gasteiger charge is -2.18. The fourth-order valence-electron chi connectivity index (χ4n) is 0.703. The summed E-state index contributed by atoms with van der Waals surface area (Å²) in [5, 5.41) is 0. The molecule has 1 N–H and O–H groups in total. The highest BCUT2D eigenvalue weighted by atomic mass is 16.6. The number of esters is 1. The summed E-state index contributed by atoms with van der Waals surface area (Å²) in [6.07, 6.45) is 3.10. The van der Waals surface area contributed by atoms with Crippen molar-refractivity contribution in [2.75, 3.05) is 0 Å². The molecular weight excluding hydrogens is 156 g/mol. The van der Waals surface area contributed by atoms with Gasteiger partial charge < -0.3 is 9.72 Å². The molecule has 0 amide bonds. The number of nitrogens with one attached hydrogen (secondary N) is 1. The molecular formula is C8H12N2O2. The summed E-state index contributed by atoms with van der Waals surface area (Å²) in [4.78, 5) is 17.6. The Morgan fingerprint density at radius 1 is 1.58 bits per heavy atom. The minimum Gasteiger partial charge on any atom is -0.454 e. The Hall–Kier alpha value is -1.32. The van der Waals surface area contributed by atoms with Gasteiger partial charge in [-0.25, -0.2) is 9.78 Å². The van der Waals surface area contributed by atoms with Gasteiger partial charge in [0.1, 0.15) is 5.60 Å². The van der Waals surface area contributed by atoms with E-state index < -0.39 is 11.6 Å². The molecule has 0 radical (unpaired) electrons. The van der Waals surface area contributed by atoms with Crippen molar-refractivity contribution in [3.8, 4) is 0 Å². The van der Waals surface area contributed by atoms with Crippen LogP contribution in [0.5, 0.6) is 0 Å². The predicted octanol–water partition coefficient (Wildman–Crippen LogP) is 1.36. The Bertz CT molecular complexity index is 259. The van der Waals surface area contributed by atoms with Crippen LogP contribution in [0.2, 0.25) is 0 Å². The second-order valence-electron chi connectivity index (χ2n) is 3.44. The van der Waals surface area contributed by atoms with Crippen molar-refractivity contribution in [3.63, 3.8) is 0 Å². The van der Waals surface area contributed by atoms with Crippen molar-refractivity contribution in [2.45, 2.75) is 26.4 Å². The van der Waals surface area contributed by atoms with Crippen LogP contribution in [0.25, 0.3) is 0 Å². The molecule has 0 unspecified atom stereocenters. The quantitative estimate of drug-likeness (QED) is 0.644. The predicted molar refractivity (Wildman–Crippen MR) is 43.8 cm³/mol. The first-order valence-electron chi connectivity index (χ1n) is 3.72. The number of carbonyl (C=O) groups excluding carboxylic acids is 1. The van der Waals surface area contributed by atoms with Gasteiger partial charge >= 0.3 is 5.97 Å². The summed E-state index contributed by atoms with van der Waals surface area (Å²) in [5.74, 6) is -0.183. The van der Waals surface area contributed by atoms with Crippen LogP contribution >= 0.6 is 0 Å². The van der Waals surface area contributed by atoms with Crippen LogP contribution in [0.3, 0.4) is 0 Å². The maximum atomic E-state index is 11.2. The van der Waals surface area contributed by atoms with Gasteiger partial charge in [-0.1, -0.05) is 0 Å². The van der Waals surface area contributed by atoms with E-state index in [0.717, 1.165) is 0 Å². The van der Waals surface area contributed by atoms with Gasteiger partial charge in [0, 0.05) is 12.4 Å². The number of ether oxygens (including phenoxy) is 1. The van der Waals surface area contributed by atoms with Crippen LogP contribution < -0.4 is 0 Å². The van der Waals surface area contributed by atoms with E-state index in [-0.39, 0.29) is 5.82 Å². The largest absolute Gasteiger partial charge is 0.454 e. The Kier molecular flexibility index (Phi) is 2.17. The topological polar surface area (TPSA) is 55.0 Å². The molecule has 66 valence electrons. The molecule has 1 aromatic rings. The van der Waals surface area contributed by atoms with Crippen molar-refractivity contribution in [1.29, 1.82) is 0 Å². The number of imidazole rings is 1. The van der Waals surface area contributed by atoms with E-state index in [4.69, 9.17) is 4.74 Å². The Morgan fingerprint density at radius 2 is 2.25 bits per heavy atom. The molecule has 0 aliphatic rings. The van der Waals surface area contributed by atoms with Gasteiger partial charge in [-0.3, -0.25) is 0 Å². The van der Waals surface area contributed by atoms with Gasteiger partial charge in [-0.2, -0.15) is 0 Å². The highest BCUT2D eigenvalue weighted by Gasteiger charge is 2.18. The molecule has 12 heavy (non-hydrogen) atoms. The monoisotopic (exact) mass is 168 g/mol. The zero-order chi connectivity index (χ0) is 9.19. The molecule has 1 aromatic heterocycles. The lowest BCUT2D eigenvalue weighted by molar-refractivity contribution is 0.00568. The first-order chi connectivity index (χ1) is 5.49. The van der Waals surface area contributed by atoms with Crippen LogP contribution in [0, 0.1) is 0 Å². The zero-order valence-corrected chi connectivity index (χ0v) is 7.42. The lowest BCUT2D eigenvalue weighted by Crippen LogP contribution is -2.24. The van der Waals surface area contributed by atoms with Gasteiger partial charge in [0.2, 0.25) is 5.82 Å². The van der Waals surface area contributed by atoms with Gasteiger partial charge in [0.05, 0.1) is 0 Å². The summed E-state index contributed by atoms with van der Waals surface area (Å²) in [6, 6.07) is 0. The van der Waals surface area contributed by atoms with E-state index >= 15 is 0 Å². The van der Waals surface area contributed by atoms with Crippen molar-refractivity contribution >= 4 is 5.97 Å². The number of aromatic amines is 1. The molecule has 0 atom stereocenters. The molecule has 0 spiro atoms. The fourth-order valence-corrected chi connectivity index (χ4v) is 0.703. The SMILES string of the molecule is CC(C)(C)OC(=O)c1ncc[nH]1. The molecule has 0 bridgehead atoms. The normalized spacial score (nSPS) is 11.2. The van der Waals surface area contributed by atoms with E-state index in [9.17, 15) is 4.79 Å². The zero-order valence-electron chi connectivity index (χ0n) is 7.42. The minimum atomic E-state index is -0.468. The summed E-state index contributed by atoms with van der Waals surface area (Å²) < 4.78 is 5.05. The van der Waals surface area contributed by atoms with Crippen LogP contribution in [-0.4, -0.2) is 21.5 Å². The summed E-state index contributed by atoms with van der Waals surface area (Å²) in [5.41, 5.74) is -0.468. The van der Waals surface area contributed by atoms with Gasteiger partial charge in [0.25, 0.3) is 0 Å². The van der Waals surface area contributed by atoms with Gasteiger partial charge in [-0.05, 0) is 20.8 Å². The fraction of sp³-hybridized carbons (Fsp3) is 0.500. The molecule has 0 aliphatic carbocycles. The maximum Gasteiger partial charge on any atom is 0.374 e. The lowest BCUT2D eigenvalue weighted by atomic mass is 10.2.